The summed E-state index contributed by atoms with van der Waals surface area (Å²) < 4.78 is 18.3. The summed E-state index contributed by atoms with van der Waals surface area (Å²) in [7, 11) is 1.58. The Morgan fingerprint density at radius 2 is 2.11 bits per heavy atom. The van der Waals surface area contributed by atoms with Crippen LogP contribution in [0.5, 0.6) is 5.75 Å². The lowest BCUT2D eigenvalue weighted by molar-refractivity contribution is 0.411. The molecule has 1 atom stereocenters. The highest BCUT2D eigenvalue weighted by Crippen LogP contribution is 2.26. The minimum absolute atomic E-state index is 0.261. The van der Waals surface area contributed by atoms with Crippen LogP contribution in [-0.4, -0.2) is 12.1 Å². The first-order valence-electron chi connectivity index (χ1n) is 5.87. The van der Waals surface area contributed by atoms with Crippen molar-refractivity contribution in [2.24, 2.45) is 5.84 Å². The molecule has 0 fully saturated rings. The number of hydrogen-bond acceptors (Lipinski definition) is 4. The standard InChI is InChI=1S/C14H16FN3O/c1-9-5-11(15)3-4-13(9)14(18-16)10-6-12(19-2)8-17-7-10/h3-8,14,18H,16H2,1-2H3. The molecule has 2 rings (SSSR count). The fourth-order valence-corrected chi connectivity index (χ4v) is 2.03. The van der Waals surface area contributed by atoms with Crippen molar-refractivity contribution < 1.29 is 9.13 Å². The van der Waals surface area contributed by atoms with Crippen molar-refractivity contribution in [1.29, 1.82) is 0 Å². The summed E-state index contributed by atoms with van der Waals surface area (Å²) in [6.07, 6.45) is 3.32. The van der Waals surface area contributed by atoms with Gasteiger partial charge in [-0.3, -0.25) is 10.8 Å². The van der Waals surface area contributed by atoms with E-state index in [1.807, 2.05) is 13.0 Å². The predicted molar refractivity (Wildman–Crippen MR) is 71.1 cm³/mol. The number of rotatable bonds is 4. The van der Waals surface area contributed by atoms with E-state index in [-0.39, 0.29) is 11.9 Å². The molecule has 100 valence electrons. The lowest BCUT2D eigenvalue weighted by atomic mass is 9.96. The number of pyridine rings is 1. The van der Waals surface area contributed by atoms with Gasteiger partial charge in [0.15, 0.2) is 0 Å². The Morgan fingerprint density at radius 3 is 2.74 bits per heavy atom. The second-order valence-corrected chi connectivity index (χ2v) is 4.26. The highest BCUT2D eigenvalue weighted by molar-refractivity contribution is 5.38. The van der Waals surface area contributed by atoms with Crippen LogP contribution in [-0.2, 0) is 0 Å². The summed E-state index contributed by atoms with van der Waals surface area (Å²) in [6.45, 7) is 1.84. The summed E-state index contributed by atoms with van der Waals surface area (Å²) in [4.78, 5) is 4.10. The van der Waals surface area contributed by atoms with Gasteiger partial charge < -0.3 is 4.74 Å². The molecule has 1 unspecified atom stereocenters. The number of nitrogens with one attached hydrogen (secondary N) is 1. The number of nitrogens with two attached hydrogens (primary N) is 1. The van der Waals surface area contributed by atoms with Gasteiger partial charge in [0.05, 0.1) is 19.3 Å². The fourth-order valence-electron chi connectivity index (χ4n) is 2.03. The normalized spacial score (nSPS) is 12.2. The molecule has 0 radical (unpaired) electrons. The number of hydrogen-bond donors (Lipinski definition) is 2. The smallest absolute Gasteiger partial charge is 0.137 e. The third-order valence-electron chi connectivity index (χ3n) is 3.01. The summed E-state index contributed by atoms with van der Waals surface area (Å²) in [5.41, 5.74) is 5.31. The summed E-state index contributed by atoms with van der Waals surface area (Å²) in [5.74, 6) is 6.01. The molecule has 0 spiro atoms. The predicted octanol–water partition coefficient (Wildman–Crippen LogP) is 2.09. The van der Waals surface area contributed by atoms with Crippen LogP contribution in [0.1, 0.15) is 22.7 Å². The highest BCUT2D eigenvalue weighted by atomic mass is 19.1. The van der Waals surface area contributed by atoms with E-state index < -0.39 is 0 Å². The van der Waals surface area contributed by atoms with E-state index in [4.69, 9.17) is 10.6 Å². The van der Waals surface area contributed by atoms with E-state index in [0.717, 1.165) is 16.7 Å². The molecule has 0 bridgehead atoms. The summed E-state index contributed by atoms with van der Waals surface area (Å²) in [6, 6.07) is 6.20. The molecule has 1 aromatic carbocycles. The largest absolute Gasteiger partial charge is 0.495 e. The van der Waals surface area contributed by atoms with Gasteiger partial charge in [-0.15, -0.1) is 0 Å². The van der Waals surface area contributed by atoms with E-state index >= 15 is 0 Å². The van der Waals surface area contributed by atoms with Gasteiger partial charge in [0, 0.05) is 6.20 Å². The molecule has 0 amide bonds. The average molecular weight is 261 g/mol. The Balaban J connectivity index is 2.43. The maximum absolute atomic E-state index is 13.2. The monoisotopic (exact) mass is 261 g/mol. The average Bonchev–Trinajstić information content (AvgIpc) is 2.42. The van der Waals surface area contributed by atoms with Crippen molar-refractivity contribution in [3.63, 3.8) is 0 Å². The second-order valence-electron chi connectivity index (χ2n) is 4.26. The molecule has 0 aliphatic carbocycles. The molecular formula is C14H16FN3O. The van der Waals surface area contributed by atoms with E-state index in [1.165, 1.54) is 12.1 Å². The fraction of sp³-hybridized carbons (Fsp3) is 0.214. The van der Waals surface area contributed by atoms with Gasteiger partial charge in [-0.2, -0.15) is 0 Å². The van der Waals surface area contributed by atoms with Gasteiger partial charge in [0.2, 0.25) is 0 Å². The maximum Gasteiger partial charge on any atom is 0.137 e. The number of benzene rings is 1. The summed E-state index contributed by atoms with van der Waals surface area (Å²) >= 11 is 0. The molecule has 0 aliphatic heterocycles. The zero-order valence-corrected chi connectivity index (χ0v) is 10.9. The number of methoxy groups -OCH3 is 1. The van der Waals surface area contributed by atoms with E-state index in [9.17, 15) is 4.39 Å². The van der Waals surface area contributed by atoms with E-state index in [1.54, 1.807) is 25.6 Å². The van der Waals surface area contributed by atoms with Gasteiger partial charge in [-0.05, 0) is 41.8 Å². The molecule has 2 aromatic rings. The Labute approximate surface area is 111 Å². The second kappa shape index (κ2) is 5.77. The van der Waals surface area contributed by atoms with Crippen LogP contribution >= 0.6 is 0 Å². The molecule has 3 N–H and O–H groups in total. The van der Waals surface area contributed by atoms with Gasteiger partial charge in [0.25, 0.3) is 0 Å². The third-order valence-corrected chi connectivity index (χ3v) is 3.01. The maximum atomic E-state index is 13.2. The number of aromatic nitrogens is 1. The van der Waals surface area contributed by atoms with E-state index in [0.29, 0.717) is 5.75 Å². The quantitative estimate of drug-likeness (QED) is 0.653. The van der Waals surface area contributed by atoms with Crippen LogP contribution < -0.4 is 16.0 Å². The van der Waals surface area contributed by atoms with Crippen molar-refractivity contribution in [2.75, 3.05) is 7.11 Å². The first-order chi connectivity index (χ1) is 9.15. The zero-order chi connectivity index (χ0) is 13.8. The van der Waals surface area contributed by atoms with Crippen molar-refractivity contribution in [3.05, 3.63) is 59.2 Å². The number of aryl methyl sites for hydroxylation is 1. The third kappa shape index (κ3) is 2.89. The first-order valence-corrected chi connectivity index (χ1v) is 5.87. The van der Waals surface area contributed by atoms with Gasteiger partial charge >= 0.3 is 0 Å². The van der Waals surface area contributed by atoms with Crippen molar-refractivity contribution in [2.45, 2.75) is 13.0 Å². The van der Waals surface area contributed by atoms with Crippen LogP contribution in [0.4, 0.5) is 4.39 Å². The molecule has 0 saturated carbocycles. The molecule has 4 nitrogen and oxygen atoms in total. The number of halogens is 1. The molecule has 0 aliphatic rings. The lowest BCUT2D eigenvalue weighted by Crippen LogP contribution is -2.29. The summed E-state index contributed by atoms with van der Waals surface area (Å²) in [5, 5.41) is 0. The Kier molecular flexibility index (Phi) is 4.09. The van der Waals surface area contributed by atoms with Crippen LogP contribution in [0.25, 0.3) is 0 Å². The van der Waals surface area contributed by atoms with Gasteiger partial charge in [-0.1, -0.05) is 6.07 Å². The van der Waals surface area contributed by atoms with Crippen molar-refractivity contribution in [3.8, 4) is 5.75 Å². The number of nitrogens with zero attached hydrogens (tertiary/aromatic N) is 1. The molecular weight excluding hydrogens is 245 g/mol. The van der Waals surface area contributed by atoms with Crippen LogP contribution in [0, 0.1) is 12.7 Å². The van der Waals surface area contributed by atoms with Gasteiger partial charge in [0.1, 0.15) is 11.6 Å². The van der Waals surface area contributed by atoms with Crippen LogP contribution in [0.3, 0.4) is 0 Å². The minimum Gasteiger partial charge on any atom is -0.495 e. The van der Waals surface area contributed by atoms with Crippen LogP contribution in [0.2, 0.25) is 0 Å². The minimum atomic E-state index is -0.263. The van der Waals surface area contributed by atoms with E-state index in [2.05, 4.69) is 10.4 Å². The van der Waals surface area contributed by atoms with Gasteiger partial charge in [-0.25, -0.2) is 9.82 Å². The Morgan fingerprint density at radius 1 is 1.32 bits per heavy atom. The van der Waals surface area contributed by atoms with Crippen LogP contribution in [0.15, 0.2) is 36.7 Å². The lowest BCUT2D eigenvalue weighted by Gasteiger charge is -2.19. The molecule has 19 heavy (non-hydrogen) atoms. The Bertz CT molecular complexity index is 574. The number of ether oxygens (including phenoxy) is 1. The first kappa shape index (κ1) is 13.5. The molecule has 0 saturated heterocycles. The molecule has 1 heterocycles. The molecule has 5 heteroatoms. The number of hydrazine groups is 1. The SMILES string of the molecule is COc1cncc(C(NN)c2ccc(F)cc2C)c1. The van der Waals surface area contributed by atoms with Crippen molar-refractivity contribution in [1.82, 2.24) is 10.4 Å². The topological polar surface area (TPSA) is 60.2 Å². The molecule has 1 aromatic heterocycles. The van der Waals surface area contributed by atoms with Crippen molar-refractivity contribution >= 4 is 0 Å². The zero-order valence-electron chi connectivity index (χ0n) is 10.9. The Hall–Kier alpha value is -1.98. The highest BCUT2D eigenvalue weighted by Gasteiger charge is 2.16.